The van der Waals surface area contributed by atoms with E-state index >= 15 is 0 Å². The van der Waals surface area contributed by atoms with Crippen LogP contribution in [0.2, 0.25) is 0 Å². The lowest BCUT2D eigenvalue weighted by molar-refractivity contribution is -0.163. The maximum absolute atomic E-state index is 11.2. The van der Waals surface area contributed by atoms with Gasteiger partial charge in [-0.2, -0.15) is 0 Å². The zero-order valence-electron chi connectivity index (χ0n) is 8.47. The minimum absolute atomic E-state index is 0.321. The average molecular weight is 182 g/mol. The topological polar surface area (TPSA) is 37.3 Å². The Balaban J connectivity index is 2.29. The molecule has 0 aromatic heterocycles. The molecule has 0 aliphatic heterocycles. The monoisotopic (exact) mass is 182 g/mol. The lowest BCUT2D eigenvalue weighted by atomic mass is 9.51. The van der Waals surface area contributed by atoms with Crippen LogP contribution in [0.25, 0.3) is 0 Å². The van der Waals surface area contributed by atoms with E-state index in [9.17, 15) is 9.90 Å². The van der Waals surface area contributed by atoms with Gasteiger partial charge in [-0.15, -0.1) is 0 Å². The summed E-state index contributed by atoms with van der Waals surface area (Å²) >= 11 is 0. The summed E-state index contributed by atoms with van der Waals surface area (Å²) in [6.07, 6.45) is 5.61. The number of carbonyl (C=O) groups is 1. The third-order valence-corrected chi connectivity index (χ3v) is 4.38. The third-order valence-electron chi connectivity index (χ3n) is 4.38. The minimum atomic E-state index is -0.580. The summed E-state index contributed by atoms with van der Waals surface area (Å²) in [4.78, 5) is 11.2. The van der Waals surface area contributed by atoms with Crippen LogP contribution in [-0.4, -0.2) is 11.1 Å². The number of rotatable bonds is 1. The summed E-state index contributed by atoms with van der Waals surface area (Å²) in [5, 5.41) is 9.23. The van der Waals surface area contributed by atoms with E-state index in [0.29, 0.717) is 11.3 Å². The van der Waals surface area contributed by atoms with E-state index < -0.39 is 11.4 Å². The van der Waals surface area contributed by atoms with Gasteiger partial charge < -0.3 is 5.11 Å². The van der Waals surface area contributed by atoms with Crippen LogP contribution in [-0.2, 0) is 4.79 Å². The first kappa shape index (κ1) is 9.04. The largest absolute Gasteiger partial charge is 0.481 e. The van der Waals surface area contributed by atoms with Crippen molar-refractivity contribution in [3.63, 3.8) is 0 Å². The Hall–Kier alpha value is -0.530. The van der Waals surface area contributed by atoms with Gasteiger partial charge in [-0.25, -0.2) is 0 Å². The summed E-state index contributed by atoms with van der Waals surface area (Å²) in [5.74, 6) is -0.144. The highest BCUT2D eigenvalue weighted by Crippen LogP contribution is 2.58. The Morgan fingerprint density at radius 1 is 1.31 bits per heavy atom. The molecule has 0 aromatic rings. The molecule has 0 saturated heterocycles. The lowest BCUT2D eigenvalue weighted by Crippen LogP contribution is -2.49. The SMILES string of the molecule is CC12CCC(CC1)C(C)(C(=O)O)C2. The molecule has 3 rings (SSSR count). The standard InChI is InChI=1S/C11H18O2/c1-10-5-3-8(4-6-10)11(2,7-10)9(12)13/h8H,3-7H2,1-2H3,(H,12,13). The second kappa shape index (κ2) is 2.49. The summed E-state index contributed by atoms with van der Waals surface area (Å²) in [6.45, 7) is 4.19. The Kier molecular flexibility index (Phi) is 1.73. The van der Waals surface area contributed by atoms with Gasteiger partial charge in [-0.1, -0.05) is 6.92 Å². The molecule has 0 radical (unpaired) electrons. The smallest absolute Gasteiger partial charge is 0.309 e. The fourth-order valence-electron chi connectivity index (χ4n) is 3.41. The van der Waals surface area contributed by atoms with Gasteiger partial charge in [0.15, 0.2) is 0 Å². The Morgan fingerprint density at radius 2 is 1.85 bits per heavy atom. The van der Waals surface area contributed by atoms with Crippen LogP contribution in [0, 0.1) is 16.7 Å². The molecular weight excluding hydrogens is 164 g/mol. The predicted octanol–water partition coefficient (Wildman–Crippen LogP) is 2.68. The van der Waals surface area contributed by atoms with Crippen LogP contribution in [0.5, 0.6) is 0 Å². The van der Waals surface area contributed by atoms with Gasteiger partial charge in [0.05, 0.1) is 5.41 Å². The zero-order valence-corrected chi connectivity index (χ0v) is 8.47. The maximum Gasteiger partial charge on any atom is 0.309 e. The van der Waals surface area contributed by atoms with Crippen molar-refractivity contribution in [2.75, 3.05) is 0 Å². The number of carboxylic acid groups (broad SMARTS) is 1. The fourth-order valence-corrected chi connectivity index (χ4v) is 3.41. The summed E-state index contributed by atoms with van der Waals surface area (Å²) in [7, 11) is 0. The molecule has 3 aliphatic rings. The van der Waals surface area contributed by atoms with Crippen LogP contribution in [0.3, 0.4) is 0 Å². The second-order valence-corrected chi connectivity index (χ2v) is 5.48. The molecule has 3 fully saturated rings. The predicted molar refractivity (Wildman–Crippen MR) is 50.4 cm³/mol. The molecule has 1 unspecified atom stereocenters. The highest BCUT2D eigenvalue weighted by atomic mass is 16.4. The van der Waals surface area contributed by atoms with Crippen molar-refractivity contribution in [3.8, 4) is 0 Å². The van der Waals surface area contributed by atoms with Crippen molar-refractivity contribution in [3.05, 3.63) is 0 Å². The molecule has 0 aromatic carbocycles. The van der Waals surface area contributed by atoms with Gasteiger partial charge in [-0.05, 0) is 50.4 Å². The number of aliphatic carboxylic acids is 1. The second-order valence-electron chi connectivity index (χ2n) is 5.48. The Morgan fingerprint density at radius 3 is 2.15 bits per heavy atom. The van der Waals surface area contributed by atoms with Gasteiger partial charge in [0.1, 0.15) is 0 Å². The highest BCUT2D eigenvalue weighted by Gasteiger charge is 2.53. The summed E-state index contributed by atoms with van der Waals surface area (Å²) < 4.78 is 0. The van der Waals surface area contributed by atoms with Gasteiger partial charge in [0.2, 0.25) is 0 Å². The van der Waals surface area contributed by atoms with Crippen molar-refractivity contribution < 1.29 is 9.90 Å². The van der Waals surface area contributed by atoms with Crippen LogP contribution < -0.4 is 0 Å². The van der Waals surface area contributed by atoms with Gasteiger partial charge in [-0.3, -0.25) is 4.79 Å². The molecule has 13 heavy (non-hydrogen) atoms. The van der Waals surface area contributed by atoms with Gasteiger partial charge in [0.25, 0.3) is 0 Å². The van der Waals surface area contributed by atoms with E-state index in [0.717, 1.165) is 19.3 Å². The van der Waals surface area contributed by atoms with Crippen molar-refractivity contribution in [2.45, 2.75) is 46.0 Å². The number of carboxylic acids is 1. The van der Waals surface area contributed by atoms with E-state index in [1.807, 2.05) is 6.92 Å². The van der Waals surface area contributed by atoms with E-state index in [4.69, 9.17) is 0 Å². The third kappa shape index (κ3) is 1.18. The van der Waals surface area contributed by atoms with E-state index in [1.54, 1.807) is 0 Å². The normalized spacial score (nSPS) is 49.2. The average Bonchev–Trinajstić information content (AvgIpc) is 2.03. The van der Waals surface area contributed by atoms with E-state index in [2.05, 4.69) is 6.92 Å². The van der Waals surface area contributed by atoms with E-state index in [1.165, 1.54) is 12.8 Å². The molecule has 0 spiro atoms. The first-order valence-electron chi connectivity index (χ1n) is 5.20. The molecule has 2 nitrogen and oxygen atoms in total. The fraction of sp³-hybridized carbons (Fsp3) is 0.909. The minimum Gasteiger partial charge on any atom is -0.481 e. The van der Waals surface area contributed by atoms with Crippen LogP contribution in [0.4, 0.5) is 0 Å². The van der Waals surface area contributed by atoms with Gasteiger partial charge >= 0.3 is 5.97 Å². The van der Waals surface area contributed by atoms with Crippen molar-refractivity contribution >= 4 is 5.97 Å². The molecular formula is C11H18O2. The molecule has 1 N–H and O–H groups in total. The number of fused-ring (bicyclic) bond motifs is 3. The van der Waals surface area contributed by atoms with Crippen molar-refractivity contribution in [1.29, 1.82) is 0 Å². The molecule has 2 heteroatoms. The number of hydrogen-bond donors (Lipinski definition) is 1. The first-order valence-corrected chi connectivity index (χ1v) is 5.20. The highest BCUT2D eigenvalue weighted by molar-refractivity contribution is 5.75. The maximum atomic E-state index is 11.2. The molecule has 0 amide bonds. The summed E-state index contributed by atoms with van der Waals surface area (Å²) in [6, 6.07) is 0. The Bertz CT molecular complexity index is 238. The van der Waals surface area contributed by atoms with Crippen molar-refractivity contribution in [2.24, 2.45) is 16.7 Å². The van der Waals surface area contributed by atoms with Crippen LogP contribution in [0.15, 0.2) is 0 Å². The molecule has 3 aliphatic carbocycles. The molecule has 2 bridgehead atoms. The van der Waals surface area contributed by atoms with Crippen LogP contribution in [0.1, 0.15) is 46.0 Å². The van der Waals surface area contributed by atoms with E-state index in [-0.39, 0.29) is 0 Å². The lowest BCUT2D eigenvalue weighted by Gasteiger charge is -2.53. The summed E-state index contributed by atoms with van der Waals surface area (Å²) in [5.41, 5.74) is -0.104. The number of hydrogen-bond acceptors (Lipinski definition) is 1. The van der Waals surface area contributed by atoms with Crippen molar-refractivity contribution in [1.82, 2.24) is 0 Å². The van der Waals surface area contributed by atoms with Crippen LogP contribution >= 0.6 is 0 Å². The first-order chi connectivity index (χ1) is 5.96. The Labute approximate surface area is 79.3 Å². The molecule has 1 atom stereocenters. The molecule has 0 heterocycles. The molecule has 3 saturated carbocycles. The van der Waals surface area contributed by atoms with Gasteiger partial charge in [0, 0.05) is 0 Å². The zero-order chi connectivity index (χ0) is 9.69. The quantitative estimate of drug-likeness (QED) is 0.677. The molecule has 74 valence electrons.